The van der Waals surface area contributed by atoms with Crippen molar-refractivity contribution >= 4 is 38.6 Å². The zero-order valence-electron chi connectivity index (χ0n) is 10.0. The smallest absolute Gasteiger partial charge is 0.252 e. The summed E-state index contributed by atoms with van der Waals surface area (Å²) in [5.74, 6) is -0.160. The molecule has 2 heterocycles. The van der Waals surface area contributed by atoms with E-state index in [1.54, 1.807) is 17.5 Å². The van der Waals surface area contributed by atoms with Gasteiger partial charge in [-0.25, -0.2) is 13.1 Å². The van der Waals surface area contributed by atoms with Crippen molar-refractivity contribution in [3.8, 4) is 0 Å². The fraction of sp³-hybridized carbons (Fsp3) is 0.182. The molecule has 0 aromatic carbocycles. The van der Waals surface area contributed by atoms with Gasteiger partial charge in [-0.05, 0) is 30.6 Å². The topological polar surface area (TPSA) is 75.3 Å². The number of hydrogen-bond donors (Lipinski definition) is 2. The number of sulfonamides is 1. The average molecular weight is 316 g/mol. The molecule has 8 heteroatoms. The molecule has 2 aromatic rings. The van der Waals surface area contributed by atoms with E-state index in [4.69, 9.17) is 0 Å². The van der Waals surface area contributed by atoms with Gasteiger partial charge in [0.2, 0.25) is 10.0 Å². The lowest BCUT2D eigenvalue weighted by Gasteiger charge is -2.01. The van der Waals surface area contributed by atoms with E-state index in [1.807, 2.05) is 5.38 Å². The van der Waals surface area contributed by atoms with Crippen LogP contribution in [0.5, 0.6) is 0 Å². The summed E-state index contributed by atoms with van der Waals surface area (Å²) >= 11 is 2.60. The maximum atomic E-state index is 11.7. The first kappa shape index (κ1) is 14.2. The fourth-order valence-corrected chi connectivity index (χ4v) is 4.13. The molecule has 0 unspecified atom stereocenters. The molecule has 0 fully saturated rings. The minimum atomic E-state index is -3.40. The van der Waals surface area contributed by atoms with Crippen LogP contribution in [-0.2, 0) is 16.6 Å². The summed E-state index contributed by atoms with van der Waals surface area (Å²) in [5, 5.41) is 6.34. The molecule has 0 aliphatic rings. The second-order valence-corrected chi connectivity index (χ2v) is 7.68. The molecular formula is C11H12N2O3S3. The summed E-state index contributed by atoms with van der Waals surface area (Å²) in [5.41, 5.74) is 0.615. The van der Waals surface area contributed by atoms with Crippen LogP contribution >= 0.6 is 22.7 Å². The Morgan fingerprint density at radius 2 is 2.11 bits per heavy atom. The van der Waals surface area contributed by atoms with Crippen LogP contribution in [0, 0.1) is 0 Å². The molecule has 102 valence electrons. The largest absolute Gasteiger partial charge is 0.347 e. The standard InChI is InChI=1S/C11H12N2O3S3/c1-12-19(15,16)10-3-2-9(18-10)6-13-11(14)8-4-5-17-7-8/h2-5,7,12H,6H2,1H3,(H,13,14). The third-order valence-electron chi connectivity index (χ3n) is 2.38. The van der Waals surface area contributed by atoms with Crippen molar-refractivity contribution in [3.05, 3.63) is 39.4 Å². The Balaban J connectivity index is 2.00. The van der Waals surface area contributed by atoms with E-state index in [9.17, 15) is 13.2 Å². The summed E-state index contributed by atoms with van der Waals surface area (Å²) < 4.78 is 25.6. The third-order valence-corrected chi connectivity index (χ3v) is 6.05. The quantitative estimate of drug-likeness (QED) is 0.880. The van der Waals surface area contributed by atoms with E-state index in [2.05, 4.69) is 10.0 Å². The van der Waals surface area contributed by atoms with Crippen molar-refractivity contribution in [1.29, 1.82) is 0 Å². The monoisotopic (exact) mass is 316 g/mol. The molecule has 1 amide bonds. The van der Waals surface area contributed by atoms with Gasteiger partial charge in [0, 0.05) is 15.8 Å². The number of thiophene rings is 2. The molecule has 0 bridgehead atoms. The van der Waals surface area contributed by atoms with Gasteiger partial charge < -0.3 is 5.32 Å². The summed E-state index contributed by atoms with van der Waals surface area (Å²) in [6.45, 7) is 0.318. The van der Waals surface area contributed by atoms with Gasteiger partial charge in [0.05, 0.1) is 6.54 Å². The van der Waals surface area contributed by atoms with Crippen LogP contribution in [0.15, 0.2) is 33.2 Å². The lowest BCUT2D eigenvalue weighted by atomic mass is 10.3. The first-order valence-electron chi connectivity index (χ1n) is 5.35. The molecule has 2 aromatic heterocycles. The number of hydrogen-bond acceptors (Lipinski definition) is 5. The Hall–Kier alpha value is -1.22. The van der Waals surface area contributed by atoms with Gasteiger partial charge >= 0.3 is 0 Å². The summed E-state index contributed by atoms with van der Waals surface area (Å²) in [7, 11) is -2.03. The number of carbonyl (C=O) groups is 1. The predicted molar refractivity (Wildman–Crippen MR) is 76.1 cm³/mol. The molecule has 2 N–H and O–H groups in total. The van der Waals surface area contributed by atoms with E-state index < -0.39 is 10.0 Å². The minimum Gasteiger partial charge on any atom is -0.347 e. The molecule has 0 saturated carbocycles. The Morgan fingerprint density at radius 1 is 1.32 bits per heavy atom. The zero-order chi connectivity index (χ0) is 13.9. The number of rotatable bonds is 5. The van der Waals surface area contributed by atoms with Crippen molar-refractivity contribution in [2.45, 2.75) is 10.8 Å². The maximum Gasteiger partial charge on any atom is 0.252 e. The van der Waals surface area contributed by atoms with E-state index >= 15 is 0 Å². The average Bonchev–Trinajstić information content (AvgIpc) is 3.07. The zero-order valence-corrected chi connectivity index (χ0v) is 12.5. The maximum absolute atomic E-state index is 11.7. The molecule has 0 radical (unpaired) electrons. The first-order valence-corrected chi connectivity index (χ1v) is 8.60. The predicted octanol–water partition coefficient (Wildman–Crippen LogP) is 1.65. The summed E-state index contributed by atoms with van der Waals surface area (Å²) in [6.07, 6.45) is 0. The molecular weight excluding hydrogens is 304 g/mol. The molecule has 0 aliphatic heterocycles. The second-order valence-electron chi connectivity index (χ2n) is 3.62. The van der Waals surface area contributed by atoms with E-state index in [0.29, 0.717) is 12.1 Å². The number of amides is 1. The van der Waals surface area contributed by atoms with Crippen LogP contribution < -0.4 is 10.0 Å². The highest BCUT2D eigenvalue weighted by molar-refractivity contribution is 7.91. The molecule has 0 spiro atoms. The van der Waals surface area contributed by atoms with Crippen LogP contribution in [0.1, 0.15) is 15.2 Å². The van der Waals surface area contributed by atoms with Gasteiger partial charge in [0.25, 0.3) is 5.91 Å². The van der Waals surface area contributed by atoms with Gasteiger partial charge in [-0.2, -0.15) is 11.3 Å². The third kappa shape index (κ3) is 3.41. The van der Waals surface area contributed by atoms with Gasteiger partial charge in [0.15, 0.2) is 0 Å². The second kappa shape index (κ2) is 5.83. The SMILES string of the molecule is CNS(=O)(=O)c1ccc(CNC(=O)c2ccsc2)s1. The molecule has 5 nitrogen and oxygen atoms in total. The number of carbonyl (C=O) groups excluding carboxylic acids is 1. The van der Waals surface area contributed by atoms with Gasteiger partial charge in [-0.3, -0.25) is 4.79 Å². The highest BCUT2D eigenvalue weighted by Gasteiger charge is 2.14. The van der Waals surface area contributed by atoms with Gasteiger partial charge in [-0.1, -0.05) is 0 Å². The summed E-state index contributed by atoms with van der Waals surface area (Å²) in [6, 6.07) is 4.97. The van der Waals surface area contributed by atoms with Crippen LogP contribution in [-0.4, -0.2) is 21.4 Å². The van der Waals surface area contributed by atoms with Crippen LogP contribution in [0.2, 0.25) is 0 Å². The Morgan fingerprint density at radius 3 is 2.74 bits per heavy atom. The molecule has 0 saturated heterocycles. The Bertz CT molecular complexity index is 659. The van der Waals surface area contributed by atoms with E-state index in [1.165, 1.54) is 24.5 Å². The van der Waals surface area contributed by atoms with Crippen LogP contribution in [0.3, 0.4) is 0 Å². The van der Waals surface area contributed by atoms with Crippen molar-refractivity contribution in [3.63, 3.8) is 0 Å². The Labute approximate surface area is 119 Å². The summed E-state index contributed by atoms with van der Waals surface area (Å²) in [4.78, 5) is 12.5. The van der Waals surface area contributed by atoms with Crippen molar-refractivity contribution in [2.24, 2.45) is 0 Å². The van der Waals surface area contributed by atoms with E-state index in [-0.39, 0.29) is 10.1 Å². The molecule has 0 atom stereocenters. The Kier molecular flexibility index (Phi) is 4.35. The van der Waals surface area contributed by atoms with Crippen molar-refractivity contribution < 1.29 is 13.2 Å². The fourth-order valence-electron chi connectivity index (χ4n) is 1.36. The molecule has 19 heavy (non-hydrogen) atoms. The molecule has 0 aliphatic carbocycles. The highest BCUT2D eigenvalue weighted by atomic mass is 32.2. The normalized spacial score (nSPS) is 11.4. The van der Waals surface area contributed by atoms with Crippen molar-refractivity contribution in [1.82, 2.24) is 10.0 Å². The lowest BCUT2D eigenvalue weighted by Crippen LogP contribution is -2.21. The van der Waals surface area contributed by atoms with Gasteiger partial charge in [-0.15, -0.1) is 11.3 Å². The van der Waals surface area contributed by atoms with Gasteiger partial charge in [0.1, 0.15) is 4.21 Å². The van der Waals surface area contributed by atoms with Crippen LogP contribution in [0.4, 0.5) is 0 Å². The molecule has 2 rings (SSSR count). The first-order chi connectivity index (χ1) is 9.03. The minimum absolute atomic E-state index is 0.160. The van der Waals surface area contributed by atoms with Crippen molar-refractivity contribution in [2.75, 3.05) is 7.05 Å². The highest BCUT2D eigenvalue weighted by Crippen LogP contribution is 2.21. The van der Waals surface area contributed by atoms with Crippen LogP contribution in [0.25, 0.3) is 0 Å². The lowest BCUT2D eigenvalue weighted by molar-refractivity contribution is 0.0952. The number of nitrogens with one attached hydrogen (secondary N) is 2. The van der Waals surface area contributed by atoms with E-state index in [0.717, 1.165) is 16.2 Å².